The number of hydrogen-bond acceptors (Lipinski definition) is 2. The van der Waals surface area contributed by atoms with E-state index in [0.717, 1.165) is 25.8 Å². The Bertz CT molecular complexity index is 378. The summed E-state index contributed by atoms with van der Waals surface area (Å²) in [5, 5.41) is 9.27. The molecule has 4 heteroatoms. The van der Waals surface area contributed by atoms with Crippen molar-refractivity contribution in [1.82, 2.24) is 4.90 Å². The molecular formula is C15H23NO3. The SMILES string of the molecule is CCC1CCCCN1C(=O)C1CC=CCC1C(=O)O. The van der Waals surface area contributed by atoms with E-state index in [9.17, 15) is 14.7 Å². The van der Waals surface area contributed by atoms with E-state index >= 15 is 0 Å². The number of aliphatic carboxylic acids is 1. The van der Waals surface area contributed by atoms with Crippen LogP contribution in [0.4, 0.5) is 0 Å². The third-order valence-corrected chi connectivity index (χ3v) is 4.45. The van der Waals surface area contributed by atoms with E-state index in [1.165, 1.54) is 6.42 Å². The average molecular weight is 265 g/mol. The van der Waals surface area contributed by atoms with Crippen molar-refractivity contribution in [2.75, 3.05) is 6.54 Å². The minimum Gasteiger partial charge on any atom is -0.481 e. The molecule has 0 saturated carbocycles. The number of likely N-dealkylation sites (tertiary alicyclic amines) is 1. The molecule has 1 heterocycles. The van der Waals surface area contributed by atoms with E-state index in [4.69, 9.17) is 0 Å². The highest BCUT2D eigenvalue weighted by Gasteiger charge is 2.38. The van der Waals surface area contributed by atoms with Gasteiger partial charge >= 0.3 is 5.97 Å². The van der Waals surface area contributed by atoms with Crippen LogP contribution in [0, 0.1) is 11.8 Å². The molecule has 106 valence electrons. The summed E-state index contributed by atoms with van der Waals surface area (Å²) in [6.07, 6.45) is 9.13. The molecule has 1 aliphatic heterocycles. The van der Waals surface area contributed by atoms with Crippen molar-refractivity contribution in [3.05, 3.63) is 12.2 Å². The summed E-state index contributed by atoms with van der Waals surface area (Å²) in [6.45, 7) is 2.90. The molecule has 1 aliphatic carbocycles. The van der Waals surface area contributed by atoms with E-state index in [1.54, 1.807) is 0 Å². The van der Waals surface area contributed by atoms with Crippen LogP contribution in [0.25, 0.3) is 0 Å². The molecule has 1 fully saturated rings. The van der Waals surface area contributed by atoms with Gasteiger partial charge in [-0.25, -0.2) is 0 Å². The normalized spacial score (nSPS) is 31.2. The van der Waals surface area contributed by atoms with Crippen molar-refractivity contribution in [2.45, 2.75) is 51.5 Å². The van der Waals surface area contributed by atoms with Gasteiger partial charge in [-0.3, -0.25) is 9.59 Å². The molecule has 3 unspecified atom stereocenters. The summed E-state index contributed by atoms with van der Waals surface area (Å²) in [4.78, 5) is 25.9. The van der Waals surface area contributed by atoms with E-state index in [-0.39, 0.29) is 11.8 Å². The Balaban J connectivity index is 2.12. The number of carboxylic acids is 1. The maximum atomic E-state index is 12.7. The van der Waals surface area contributed by atoms with Crippen LogP contribution in [0.1, 0.15) is 45.4 Å². The fourth-order valence-electron chi connectivity index (χ4n) is 3.29. The Hall–Kier alpha value is -1.32. The van der Waals surface area contributed by atoms with Crippen LogP contribution in [0.5, 0.6) is 0 Å². The smallest absolute Gasteiger partial charge is 0.307 e. The summed E-state index contributed by atoms with van der Waals surface area (Å²) >= 11 is 0. The second-order valence-corrected chi connectivity index (χ2v) is 5.58. The van der Waals surface area contributed by atoms with Gasteiger partial charge in [0.1, 0.15) is 0 Å². The number of carbonyl (C=O) groups is 2. The predicted octanol–water partition coefficient (Wildman–Crippen LogP) is 2.44. The van der Waals surface area contributed by atoms with Gasteiger partial charge in [0.05, 0.1) is 11.8 Å². The topological polar surface area (TPSA) is 57.6 Å². The summed E-state index contributed by atoms with van der Waals surface area (Å²) in [6, 6.07) is 0.307. The molecule has 4 nitrogen and oxygen atoms in total. The summed E-state index contributed by atoms with van der Waals surface area (Å²) < 4.78 is 0. The van der Waals surface area contributed by atoms with Crippen molar-refractivity contribution in [2.24, 2.45) is 11.8 Å². The molecule has 0 aromatic heterocycles. The first-order chi connectivity index (χ1) is 9.15. The Kier molecular flexibility index (Phi) is 4.61. The van der Waals surface area contributed by atoms with E-state index in [1.807, 2.05) is 17.1 Å². The van der Waals surface area contributed by atoms with Gasteiger partial charge < -0.3 is 10.0 Å². The lowest BCUT2D eigenvalue weighted by Gasteiger charge is -2.39. The number of carboxylic acid groups (broad SMARTS) is 1. The molecule has 2 aliphatic rings. The van der Waals surface area contributed by atoms with Gasteiger partial charge in [0.25, 0.3) is 0 Å². The van der Waals surface area contributed by atoms with Gasteiger partial charge in [-0.1, -0.05) is 19.1 Å². The maximum absolute atomic E-state index is 12.7. The van der Waals surface area contributed by atoms with E-state index in [0.29, 0.717) is 18.9 Å². The minimum atomic E-state index is -0.840. The van der Waals surface area contributed by atoms with Crippen LogP contribution in [-0.2, 0) is 9.59 Å². The van der Waals surface area contributed by atoms with E-state index < -0.39 is 11.9 Å². The lowest BCUT2D eigenvalue weighted by Crippen LogP contribution is -2.48. The molecule has 3 atom stereocenters. The molecule has 0 aromatic rings. The maximum Gasteiger partial charge on any atom is 0.307 e. The number of amides is 1. The van der Waals surface area contributed by atoms with Gasteiger partial charge in [0.15, 0.2) is 0 Å². The average Bonchev–Trinajstić information content (AvgIpc) is 2.46. The van der Waals surface area contributed by atoms with Crippen LogP contribution < -0.4 is 0 Å². The van der Waals surface area contributed by atoms with Crippen molar-refractivity contribution < 1.29 is 14.7 Å². The Labute approximate surface area is 114 Å². The Morgan fingerprint density at radius 2 is 1.89 bits per heavy atom. The molecular weight excluding hydrogens is 242 g/mol. The Morgan fingerprint density at radius 3 is 2.53 bits per heavy atom. The molecule has 2 rings (SSSR count). The standard InChI is InChI=1S/C15H23NO3/c1-2-11-7-5-6-10-16(11)14(17)12-8-3-4-9-13(12)15(18)19/h3-4,11-13H,2,5-10H2,1H3,(H,18,19). The lowest BCUT2D eigenvalue weighted by molar-refractivity contribution is -0.152. The lowest BCUT2D eigenvalue weighted by atomic mass is 9.81. The number of allylic oxidation sites excluding steroid dienone is 2. The van der Waals surface area contributed by atoms with Gasteiger partial charge in [-0.2, -0.15) is 0 Å². The fraction of sp³-hybridized carbons (Fsp3) is 0.733. The summed E-state index contributed by atoms with van der Waals surface area (Å²) in [5.74, 6) is -1.69. The van der Waals surface area contributed by atoms with E-state index in [2.05, 4.69) is 6.92 Å². The van der Waals surface area contributed by atoms with Gasteiger partial charge in [-0.05, 0) is 38.5 Å². The first-order valence-corrected chi connectivity index (χ1v) is 7.33. The first-order valence-electron chi connectivity index (χ1n) is 7.33. The molecule has 0 aromatic carbocycles. The number of piperidine rings is 1. The molecule has 1 saturated heterocycles. The van der Waals surface area contributed by atoms with Crippen molar-refractivity contribution >= 4 is 11.9 Å². The summed E-state index contributed by atoms with van der Waals surface area (Å²) in [5.41, 5.74) is 0. The van der Waals surface area contributed by atoms with Gasteiger partial charge in [0.2, 0.25) is 5.91 Å². The molecule has 19 heavy (non-hydrogen) atoms. The van der Waals surface area contributed by atoms with Crippen LogP contribution in [0.2, 0.25) is 0 Å². The largest absolute Gasteiger partial charge is 0.481 e. The minimum absolute atomic E-state index is 0.0586. The highest BCUT2D eigenvalue weighted by molar-refractivity contribution is 5.85. The number of carbonyl (C=O) groups excluding carboxylic acids is 1. The second kappa shape index (κ2) is 6.22. The van der Waals surface area contributed by atoms with Crippen LogP contribution in [-0.4, -0.2) is 34.5 Å². The third kappa shape index (κ3) is 2.99. The second-order valence-electron chi connectivity index (χ2n) is 5.58. The monoisotopic (exact) mass is 265 g/mol. The zero-order valence-electron chi connectivity index (χ0n) is 11.5. The number of hydrogen-bond donors (Lipinski definition) is 1. The molecule has 0 spiro atoms. The number of rotatable bonds is 3. The van der Waals surface area contributed by atoms with Crippen molar-refractivity contribution in [3.8, 4) is 0 Å². The molecule has 1 N–H and O–H groups in total. The number of nitrogens with zero attached hydrogens (tertiary/aromatic N) is 1. The Morgan fingerprint density at radius 1 is 1.21 bits per heavy atom. The van der Waals surface area contributed by atoms with Gasteiger partial charge in [0, 0.05) is 12.6 Å². The zero-order valence-corrected chi connectivity index (χ0v) is 11.5. The van der Waals surface area contributed by atoms with Crippen LogP contribution in [0.3, 0.4) is 0 Å². The quantitative estimate of drug-likeness (QED) is 0.797. The van der Waals surface area contributed by atoms with Crippen LogP contribution >= 0.6 is 0 Å². The van der Waals surface area contributed by atoms with Crippen molar-refractivity contribution in [1.29, 1.82) is 0 Å². The highest BCUT2D eigenvalue weighted by atomic mass is 16.4. The van der Waals surface area contributed by atoms with Crippen LogP contribution in [0.15, 0.2) is 12.2 Å². The zero-order chi connectivity index (χ0) is 13.8. The molecule has 0 bridgehead atoms. The molecule has 0 radical (unpaired) electrons. The third-order valence-electron chi connectivity index (χ3n) is 4.45. The highest BCUT2D eigenvalue weighted by Crippen LogP contribution is 2.30. The fourth-order valence-corrected chi connectivity index (χ4v) is 3.29. The summed E-state index contributed by atoms with van der Waals surface area (Å²) in [7, 11) is 0. The predicted molar refractivity (Wildman–Crippen MR) is 72.6 cm³/mol. The first kappa shape index (κ1) is 14.1. The van der Waals surface area contributed by atoms with Gasteiger partial charge in [-0.15, -0.1) is 0 Å². The molecule has 1 amide bonds. The van der Waals surface area contributed by atoms with Crippen molar-refractivity contribution in [3.63, 3.8) is 0 Å².